The van der Waals surface area contributed by atoms with E-state index in [1.54, 1.807) is 12.1 Å². The molecule has 0 saturated heterocycles. The summed E-state index contributed by atoms with van der Waals surface area (Å²) < 4.78 is 36.2. The highest BCUT2D eigenvalue weighted by molar-refractivity contribution is 6.07. The fraction of sp³-hybridized carbons (Fsp3) is 0. The van der Waals surface area contributed by atoms with Gasteiger partial charge in [-0.05, 0) is 18.2 Å². The van der Waals surface area contributed by atoms with Crippen LogP contribution < -0.4 is 0 Å². The fourth-order valence-electron chi connectivity index (χ4n) is 1.52. The van der Waals surface area contributed by atoms with E-state index in [4.69, 9.17) is 9.90 Å². The third-order valence-electron chi connectivity index (χ3n) is 2.12. The second kappa shape index (κ2) is 2.51. The maximum Gasteiger partial charge on any atom is 0.139 e. The lowest BCUT2D eigenvalue weighted by Crippen LogP contribution is -1.67. The lowest BCUT2D eigenvalue weighted by atomic mass is 10.1. The Morgan fingerprint density at radius 2 is 2.00 bits per heavy atom. The first-order valence-electron chi connectivity index (χ1n) is 6.13. The van der Waals surface area contributed by atoms with Crippen molar-refractivity contribution in [2.24, 2.45) is 0 Å². The zero-order valence-electron chi connectivity index (χ0n) is 11.1. The van der Waals surface area contributed by atoms with Crippen molar-refractivity contribution in [3.8, 4) is 5.75 Å². The molecule has 1 heterocycles. The number of aromatic hydroxyl groups is 1. The van der Waals surface area contributed by atoms with Gasteiger partial charge in [0.1, 0.15) is 16.9 Å². The molecule has 1 N–H and O–H groups in total. The summed E-state index contributed by atoms with van der Waals surface area (Å²) in [6.45, 7) is 0. The Bertz CT molecular complexity index is 792. The molecule has 0 fully saturated rings. The smallest absolute Gasteiger partial charge is 0.139 e. The first kappa shape index (κ1) is 4.51. The van der Waals surface area contributed by atoms with E-state index in [0.29, 0.717) is 11.0 Å². The molecule has 2 heteroatoms. The van der Waals surface area contributed by atoms with Gasteiger partial charge in [-0.2, -0.15) is 0 Å². The van der Waals surface area contributed by atoms with E-state index in [1.807, 2.05) is 0 Å². The van der Waals surface area contributed by atoms with E-state index < -0.39 is 0 Å². The van der Waals surface area contributed by atoms with Crippen LogP contribution in [0.25, 0.3) is 21.9 Å². The largest absolute Gasteiger partial charge is 0.507 e. The quantitative estimate of drug-likeness (QED) is 0.587. The zero-order valence-corrected chi connectivity index (χ0v) is 7.09. The molecule has 0 bridgehead atoms. The highest BCUT2D eigenvalue weighted by atomic mass is 16.3. The third kappa shape index (κ3) is 0.852. The summed E-state index contributed by atoms with van der Waals surface area (Å²) in [5, 5.41) is 10.4. The molecule has 0 saturated carbocycles. The number of para-hydroxylation sites is 1. The van der Waals surface area contributed by atoms with Crippen molar-refractivity contribution in [1.29, 1.82) is 0 Å². The van der Waals surface area contributed by atoms with Crippen molar-refractivity contribution in [3.05, 3.63) is 42.4 Å². The van der Waals surface area contributed by atoms with E-state index in [0.717, 1.165) is 0 Å². The Balaban J connectivity index is 2.69. The molecule has 0 atom stereocenters. The van der Waals surface area contributed by atoms with Crippen molar-refractivity contribution in [3.63, 3.8) is 0 Å². The van der Waals surface area contributed by atoms with Crippen LogP contribution in [0.4, 0.5) is 0 Å². The van der Waals surface area contributed by atoms with Crippen molar-refractivity contribution >= 4 is 21.9 Å². The summed E-state index contributed by atoms with van der Waals surface area (Å²) in [6, 6.07) is 3.55. The van der Waals surface area contributed by atoms with Crippen LogP contribution in [0.15, 0.2) is 46.8 Å². The van der Waals surface area contributed by atoms with Gasteiger partial charge in [-0.15, -0.1) is 0 Å². The molecule has 14 heavy (non-hydrogen) atoms. The number of hydrogen-bond acceptors (Lipinski definition) is 2. The predicted molar refractivity (Wildman–Crippen MR) is 55.4 cm³/mol. The molecule has 2 nitrogen and oxygen atoms in total. The highest BCUT2D eigenvalue weighted by Crippen LogP contribution is 2.34. The minimum Gasteiger partial charge on any atom is -0.507 e. The second-order valence-electron chi connectivity index (χ2n) is 2.96. The molecule has 3 aromatic rings. The van der Waals surface area contributed by atoms with Gasteiger partial charge in [-0.25, -0.2) is 0 Å². The van der Waals surface area contributed by atoms with Crippen LogP contribution in [0, 0.1) is 0 Å². The molecule has 0 spiro atoms. The van der Waals surface area contributed by atoms with Crippen molar-refractivity contribution in [1.82, 2.24) is 0 Å². The predicted octanol–water partition coefficient (Wildman–Crippen LogP) is 3.29. The number of furan rings is 1. The maximum absolute atomic E-state index is 9.82. The van der Waals surface area contributed by atoms with E-state index in [-0.39, 0.29) is 40.9 Å². The summed E-state index contributed by atoms with van der Waals surface area (Å²) in [4.78, 5) is 0. The summed E-state index contributed by atoms with van der Waals surface area (Å²) in [7, 11) is 0. The first-order chi connectivity index (χ1) is 8.52. The van der Waals surface area contributed by atoms with Crippen LogP contribution in [0.1, 0.15) is 5.48 Å². The first-order valence-corrected chi connectivity index (χ1v) is 4.13. The fourth-order valence-corrected chi connectivity index (χ4v) is 1.52. The van der Waals surface area contributed by atoms with E-state index >= 15 is 0 Å². The zero-order chi connectivity index (χ0) is 13.0. The van der Waals surface area contributed by atoms with Crippen LogP contribution in [0.2, 0.25) is 0 Å². The van der Waals surface area contributed by atoms with Gasteiger partial charge in [-0.1, -0.05) is 24.2 Å². The van der Waals surface area contributed by atoms with Crippen molar-refractivity contribution < 1.29 is 15.0 Å². The molecule has 0 amide bonds. The van der Waals surface area contributed by atoms with Gasteiger partial charge in [0.15, 0.2) is 0 Å². The van der Waals surface area contributed by atoms with Crippen LogP contribution in [-0.4, -0.2) is 5.11 Å². The van der Waals surface area contributed by atoms with Crippen LogP contribution in [0.5, 0.6) is 5.75 Å². The number of phenolic OH excluding ortho intramolecular Hbond substituents is 1. The van der Waals surface area contributed by atoms with Gasteiger partial charge >= 0.3 is 0 Å². The number of hydrogen-bond donors (Lipinski definition) is 1. The number of rotatable bonds is 0. The monoisotopic (exact) mass is 188 g/mol. The number of benzene rings is 2. The van der Waals surface area contributed by atoms with Crippen LogP contribution >= 0.6 is 0 Å². The molecule has 0 aliphatic rings. The minimum absolute atomic E-state index is 0.0590. The van der Waals surface area contributed by atoms with Crippen LogP contribution in [0.3, 0.4) is 0 Å². The van der Waals surface area contributed by atoms with Crippen molar-refractivity contribution in [2.75, 3.05) is 0 Å². The molecule has 0 aliphatic heterocycles. The van der Waals surface area contributed by atoms with Gasteiger partial charge < -0.3 is 9.52 Å². The van der Waals surface area contributed by atoms with Gasteiger partial charge in [0, 0.05) is 5.39 Å². The topological polar surface area (TPSA) is 33.4 Å². The average molecular weight is 188 g/mol. The van der Waals surface area contributed by atoms with Gasteiger partial charge in [0.2, 0.25) is 0 Å². The summed E-state index contributed by atoms with van der Waals surface area (Å²) >= 11 is 0. The van der Waals surface area contributed by atoms with Gasteiger partial charge in [-0.3, -0.25) is 0 Å². The minimum atomic E-state index is -0.342. The maximum atomic E-state index is 9.82. The summed E-state index contributed by atoms with van der Waals surface area (Å²) in [5.74, 6) is -0.0590. The molecule has 68 valence electrons. The molecule has 0 radical (unpaired) electrons. The van der Waals surface area contributed by atoms with Gasteiger partial charge in [0.05, 0.1) is 10.9 Å². The molecular formula is C12H8O2. The van der Waals surface area contributed by atoms with Gasteiger partial charge in [0.25, 0.3) is 0 Å². The SMILES string of the molecule is [2H]c1c([2H])c([2H])c2c(oc3cccc(O)c32)c1[2H]. The Morgan fingerprint density at radius 3 is 2.93 bits per heavy atom. The number of fused-ring (bicyclic) bond motifs is 3. The molecule has 2 aromatic carbocycles. The molecule has 0 unspecified atom stereocenters. The van der Waals surface area contributed by atoms with Crippen molar-refractivity contribution in [2.45, 2.75) is 0 Å². The molecule has 3 rings (SSSR count). The molecule has 0 aliphatic carbocycles. The molecular weight excluding hydrogens is 176 g/mol. The Hall–Kier alpha value is -1.96. The summed E-state index contributed by atoms with van der Waals surface area (Å²) in [5.41, 5.74) is 0.412. The second-order valence-corrected chi connectivity index (χ2v) is 2.96. The van der Waals surface area contributed by atoms with E-state index in [2.05, 4.69) is 0 Å². The molecule has 1 aromatic heterocycles. The number of phenols is 1. The lowest BCUT2D eigenvalue weighted by molar-refractivity contribution is 0.481. The average Bonchev–Trinajstić information content (AvgIpc) is 2.75. The highest BCUT2D eigenvalue weighted by Gasteiger charge is 2.08. The lowest BCUT2D eigenvalue weighted by Gasteiger charge is -1.92. The van der Waals surface area contributed by atoms with E-state index in [9.17, 15) is 5.11 Å². The Morgan fingerprint density at radius 1 is 1.14 bits per heavy atom. The Kier molecular flexibility index (Phi) is 0.810. The standard InChI is InChI=1S/C12H8O2/c13-9-5-3-7-11-12(9)8-4-1-2-6-10(8)14-11/h1-7,13H/i1D,2D,4D,6D. The Labute approximate surface area is 86.0 Å². The third-order valence-corrected chi connectivity index (χ3v) is 2.12. The summed E-state index contributed by atoms with van der Waals surface area (Å²) in [6.07, 6.45) is 0. The normalized spacial score (nSPS) is 15.1. The van der Waals surface area contributed by atoms with E-state index in [1.165, 1.54) is 6.07 Å². The van der Waals surface area contributed by atoms with Crippen LogP contribution in [-0.2, 0) is 0 Å².